The first-order valence-electron chi connectivity index (χ1n) is 6.42. The van der Waals surface area contributed by atoms with Gasteiger partial charge in [-0.3, -0.25) is 0 Å². The molecule has 0 aliphatic rings. The van der Waals surface area contributed by atoms with Crippen LogP contribution in [-0.4, -0.2) is 35.9 Å². The van der Waals surface area contributed by atoms with E-state index in [-0.39, 0.29) is 10.6 Å². The number of hydrogen-bond donors (Lipinski definition) is 3. The van der Waals surface area contributed by atoms with Crippen molar-refractivity contribution < 1.29 is 19.4 Å². The Morgan fingerprint density at radius 1 is 1.29 bits per heavy atom. The standard InChI is InChI=1S/C14H19ClN2O4/c1-14(2,3)21-13(20)17-7-6-16-9-4-5-11(15)10(8-9)12(18)19/h4-5,8,16H,6-7H2,1-3H3,(H,17,20)(H,18,19). The van der Waals surface area contributed by atoms with Gasteiger partial charge in [0.15, 0.2) is 0 Å². The van der Waals surface area contributed by atoms with Crippen LogP contribution in [0.5, 0.6) is 0 Å². The van der Waals surface area contributed by atoms with Crippen molar-refractivity contribution >= 4 is 29.4 Å². The molecule has 0 unspecified atom stereocenters. The van der Waals surface area contributed by atoms with E-state index in [1.54, 1.807) is 26.8 Å². The third-order valence-corrected chi connectivity index (χ3v) is 2.65. The number of carbonyl (C=O) groups is 2. The van der Waals surface area contributed by atoms with E-state index < -0.39 is 17.7 Å². The van der Waals surface area contributed by atoms with Crippen LogP contribution >= 0.6 is 11.6 Å². The summed E-state index contributed by atoms with van der Waals surface area (Å²) in [5.41, 5.74) is 0.105. The zero-order valence-corrected chi connectivity index (χ0v) is 13.0. The van der Waals surface area contributed by atoms with E-state index in [0.717, 1.165) is 0 Å². The van der Waals surface area contributed by atoms with Crippen LogP contribution in [0.15, 0.2) is 18.2 Å². The number of nitrogens with one attached hydrogen (secondary N) is 2. The van der Waals surface area contributed by atoms with E-state index in [4.69, 9.17) is 21.4 Å². The molecule has 0 heterocycles. The van der Waals surface area contributed by atoms with Crippen molar-refractivity contribution in [2.45, 2.75) is 26.4 Å². The maximum absolute atomic E-state index is 11.4. The van der Waals surface area contributed by atoms with Gasteiger partial charge in [0.25, 0.3) is 0 Å². The summed E-state index contributed by atoms with van der Waals surface area (Å²) >= 11 is 5.77. The van der Waals surface area contributed by atoms with Gasteiger partial charge >= 0.3 is 12.1 Å². The molecule has 1 rings (SSSR count). The molecule has 0 fully saturated rings. The van der Waals surface area contributed by atoms with Crippen LogP contribution in [0.25, 0.3) is 0 Å². The summed E-state index contributed by atoms with van der Waals surface area (Å²) in [6.45, 7) is 6.13. The van der Waals surface area contributed by atoms with E-state index in [0.29, 0.717) is 18.8 Å². The zero-order valence-electron chi connectivity index (χ0n) is 12.2. The normalized spacial score (nSPS) is 10.9. The average molecular weight is 315 g/mol. The summed E-state index contributed by atoms with van der Waals surface area (Å²) in [5, 5.41) is 14.7. The van der Waals surface area contributed by atoms with Crippen LogP contribution in [0.1, 0.15) is 31.1 Å². The molecule has 0 radical (unpaired) electrons. The molecule has 1 aromatic rings. The highest BCUT2D eigenvalue weighted by Crippen LogP contribution is 2.20. The number of carbonyl (C=O) groups excluding carboxylic acids is 1. The second-order valence-corrected chi connectivity index (χ2v) is 5.76. The molecule has 0 spiro atoms. The van der Waals surface area contributed by atoms with Gasteiger partial charge in [-0.2, -0.15) is 0 Å². The third-order valence-electron chi connectivity index (χ3n) is 2.32. The Morgan fingerprint density at radius 3 is 2.52 bits per heavy atom. The van der Waals surface area contributed by atoms with Gasteiger partial charge in [-0.05, 0) is 39.0 Å². The molecule has 0 saturated carbocycles. The summed E-state index contributed by atoms with van der Waals surface area (Å²) in [7, 11) is 0. The predicted molar refractivity (Wildman–Crippen MR) is 81.1 cm³/mol. The first-order valence-corrected chi connectivity index (χ1v) is 6.80. The Morgan fingerprint density at radius 2 is 1.95 bits per heavy atom. The number of aromatic carboxylic acids is 1. The Balaban J connectivity index is 2.41. The molecule has 21 heavy (non-hydrogen) atoms. The molecule has 116 valence electrons. The largest absolute Gasteiger partial charge is 0.478 e. The number of benzene rings is 1. The summed E-state index contributed by atoms with van der Waals surface area (Å²) in [5.74, 6) is -1.09. The minimum Gasteiger partial charge on any atom is -0.478 e. The number of rotatable bonds is 5. The van der Waals surface area contributed by atoms with Crippen molar-refractivity contribution in [3.63, 3.8) is 0 Å². The van der Waals surface area contributed by atoms with Gasteiger partial charge in [-0.1, -0.05) is 11.6 Å². The highest BCUT2D eigenvalue weighted by molar-refractivity contribution is 6.33. The Kier molecular flexibility index (Phi) is 5.84. The van der Waals surface area contributed by atoms with Gasteiger partial charge in [-0.15, -0.1) is 0 Å². The predicted octanol–water partition coefficient (Wildman–Crippen LogP) is 2.97. The van der Waals surface area contributed by atoms with Gasteiger partial charge in [0.05, 0.1) is 10.6 Å². The Bertz CT molecular complexity index is 526. The number of amides is 1. The smallest absolute Gasteiger partial charge is 0.407 e. The molecule has 6 nitrogen and oxygen atoms in total. The summed E-state index contributed by atoms with van der Waals surface area (Å²) in [4.78, 5) is 22.3. The van der Waals surface area contributed by atoms with Crippen LogP contribution in [0, 0.1) is 0 Å². The Labute approximate surface area is 128 Å². The molecular formula is C14H19ClN2O4. The van der Waals surface area contributed by atoms with Crippen molar-refractivity contribution in [1.82, 2.24) is 5.32 Å². The minimum atomic E-state index is -1.09. The summed E-state index contributed by atoms with van der Waals surface area (Å²) in [6, 6.07) is 4.62. The molecule has 0 aliphatic carbocycles. The third kappa shape index (κ3) is 6.35. The first kappa shape index (κ1) is 17.1. The number of halogens is 1. The maximum atomic E-state index is 11.4. The lowest BCUT2D eigenvalue weighted by Crippen LogP contribution is -2.35. The fourth-order valence-electron chi connectivity index (χ4n) is 1.48. The van der Waals surface area contributed by atoms with Gasteiger partial charge in [0.2, 0.25) is 0 Å². The first-order chi connectivity index (χ1) is 9.69. The van der Waals surface area contributed by atoms with Gasteiger partial charge in [0, 0.05) is 18.8 Å². The van der Waals surface area contributed by atoms with Crippen molar-refractivity contribution in [2.75, 3.05) is 18.4 Å². The number of carboxylic acids is 1. The molecule has 0 atom stereocenters. The lowest BCUT2D eigenvalue weighted by molar-refractivity contribution is 0.0529. The fraction of sp³-hybridized carbons (Fsp3) is 0.429. The lowest BCUT2D eigenvalue weighted by atomic mass is 10.2. The molecule has 1 amide bonds. The summed E-state index contributed by atoms with van der Waals surface area (Å²) in [6.07, 6.45) is -0.494. The second-order valence-electron chi connectivity index (χ2n) is 5.36. The van der Waals surface area contributed by atoms with Crippen LogP contribution < -0.4 is 10.6 Å². The van der Waals surface area contributed by atoms with Crippen LogP contribution in [0.3, 0.4) is 0 Å². The Hall–Kier alpha value is -1.95. The van der Waals surface area contributed by atoms with E-state index in [1.165, 1.54) is 12.1 Å². The minimum absolute atomic E-state index is 0.0294. The van der Waals surface area contributed by atoms with Crippen molar-refractivity contribution in [1.29, 1.82) is 0 Å². The molecule has 0 aliphatic heterocycles. The average Bonchev–Trinajstić information content (AvgIpc) is 2.34. The van der Waals surface area contributed by atoms with Gasteiger partial charge < -0.3 is 20.5 Å². The quantitative estimate of drug-likeness (QED) is 0.727. The number of carboxylic acid groups (broad SMARTS) is 1. The molecule has 0 saturated heterocycles. The highest BCUT2D eigenvalue weighted by Gasteiger charge is 2.15. The van der Waals surface area contributed by atoms with E-state index in [1.807, 2.05) is 0 Å². The van der Waals surface area contributed by atoms with Crippen molar-refractivity contribution in [3.8, 4) is 0 Å². The van der Waals surface area contributed by atoms with Gasteiger partial charge in [-0.25, -0.2) is 9.59 Å². The number of alkyl carbamates (subject to hydrolysis) is 1. The molecule has 1 aromatic carbocycles. The van der Waals surface area contributed by atoms with Crippen molar-refractivity contribution in [2.24, 2.45) is 0 Å². The van der Waals surface area contributed by atoms with E-state index in [9.17, 15) is 9.59 Å². The monoisotopic (exact) mass is 314 g/mol. The number of anilines is 1. The zero-order chi connectivity index (χ0) is 16.0. The van der Waals surface area contributed by atoms with Crippen LogP contribution in [-0.2, 0) is 4.74 Å². The lowest BCUT2D eigenvalue weighted by Gasteiger charge is -2.19. The van der Waals surface area contributed by atoms with E-state index in [2.05, 4.69) is 10.6 Å². The topological polar surface area (TPSA) is 87.7 Å². The molecule has 3 N–H and O–H groups in total. The fourth-order valence-corrected chi connectivity index (χ4v) is 1.68. The maximum Gasteiger partial charge on any atom is 0.407 e. The molecule has 7 heteroatoms. The summed E-state index contributed by atoms with van der Waals surface area (Å²) < 4.78 is 5.08. The molecule has 0 aromatic heterocycles. The second kappa shape index (κ2) is 7.17. The van der Waals surface area contributed by atoms with E-state index >= 15 is 0 Å². The number of hydrogen-bond acceptors (Lipinski definition) is 4. The SMILES string of the molecule is CC(C)(C)OC(=O)NCCNc1ccc(Cl)c(C(=O)O)c1. The van der Waals surface area contributed by atoms with Crippen LogP contribution in [0.4, 0.5) is 10.5 Å². The number of ether oxygens (including phenoxy) is 1. The molecule has 0 bridgehead atoms. The van der Waals surface area contributed by atoms with Crippen molar-refractivity contribution in [3.05, 3.63) is 28.8 Å². The van der Waals surface area contributed by atoms with Gasteiger partial charge in [0.1, 0.15) is 5.60 Å². The molecular weight excluding hydrogens is 296 g/mol. The highest BCUT2D eigenvalue weighted by atomic mass is 35.5. The van der Waals surface area contributed by atoms with Crippen LogP contribution in [0.2, 0.25) is 5.02 Å².